The Bertz CT molecular complexity index is 977. The van der Waals surface area contributed by atoms with Crippen LogP contribution in [0.3, 0.4) is 0 Å². The van der Waals surface area contributed by atoms with E-state index in [4.69, 9.17) is 11.5 Å². The van der Waals surface area contributed by atoms with Crippen molar-refractivity contribution in [1.29, 1.82) is 0 Å². The summed E-state index contributed by atoms with van der Waals surface area (Å²) in [5, 5.41) is 9.00. The lowest BCUT2D eigenvalue weighted by Crippen LogP contribution is -2.44. The second-order valence-electron chi connectivity index (χ2n) is 6.79. The summed E-state index contributed by atoms with van der Waals surface area (Å²) < 4.78 is 1.43. The quantitative estimate of drug-likeness (QED) is 0.625. The lowest BCUT2D eigenvalue weighted by Gasteiger charge is -2.30. The van der Waals surface area contributed by atoms with Crippen LogP contribution in [0.1, 0.15) is 29.7 Å². The monoisotopic (exact) mass is 353 g/mol. The molecule has 8 nitrogen and oxygen atoms in total. The number of fused-ring (bicyclic) bond motifs is 1. The van der Waals surface area contributed by atoms with Crippen LogP contribution in [0.5, 0.6) is 0 Å². The SMILES string of the molecule is NCc1ccccc1Cc1cc2c(=O)[nH]c(N3CCCC(N)C3)nn2n1. The first kappa shape index (κ1) is 16.7. The molecule has 5 N–H and O–H groups in total. The van der Waals surface area contributed by atoms with E-state index < -0.39 is 0 Å². The van der Waals surface area contributed by atoms with E-state index in [2.05, 4.69) is 15.2 Å². The van der Waals surface area contributed by atoms with Crippen molar-refractivity contribution in [1.82, 2.24) is 19.8 Å². The van der Waals surface area contributed by atoms with Gasteiger partial charge in [0.15, 0.2) is 5.52 Å². The standard InChI is InChI=1S/C18H23N7O/c19-10-13-5-2-1-4-12(13)8-15-9-16-17(26)21-18(23-25(16)22-15)24-7-3-6-14(20)11-24/h1-2,4-5,9,14H,3,6-8,10-11,19-20H2,(H,21,23,26). The molecule has 1 saturated heterocycles. The Labute approximate surface area is 150 Å². The number of aromatic amines is 1. The maximum absolute atomic E-state index is 12.5. The fourth-order valence-corrected chi connectivity index (χ4v) is 3.49. The van der Waals surface area contributed by atoms with Crippen molar-refractivity contribution in [2.75, 3.05) is 18.0 Å². The number of rotatable bonds is 4. The zero-order valence-electron chi connectivity index (χ0n) is 14.6. The van der Waals surface area contributed by atoms with Crippen LogP contribution in [-0.2, 0) is 13.0 Å². The van der Waals surface area contributed by atoms with E-state index in [0.29, 0.717) is 31.0 Å². The van der Waals surface area contributed by atoms with Crippen molar-refractivity contribution in [3.63, 3.8) is 0 Å². The van der Waals surface area contributed by atoms with Crippen LogP contribution in [0, 0.1) is 0 Å². The summed E-state index contributed by atoms with van der Waals surface area (Å²) in [6.45, 7) is 1.99. The fraction of sp³-hybridized carbons (Fsp3) is 0.389. The fourth-order valence-electron chi connectivity index (χ4n) is 3.49. The van der Waals surface area contributed by atoms with Crippen molar-refractivity contribution >= 4 is 11.5 Å². The number of nitrogens with two attached hydrogens (primary N) is 2. The third-order valence-corrected chi connectivity index (χ3v) is 4.86. The van der Waals surface area contributed by atoms with E-state index in [1.54, 1.807) is 6.07 Å². The molecule has 3 aromatic rings. The molecule has 0 saturated carbocycles. The molecule has 3 heterocycles. The van der Waals surface area contributed by atoms with Gasteiger partial charge >= 0.3 is 0 Å². The van der Waals surface area contributed by atoms with Crippen molar-refractivity contribution in [2.24, 2.45) is 11.5 Å². The molecular formula is C18H23N7O. The number of anilines is 1. The van der Waals surface area contributed by atoms with E-state index in [1.165, 1.54) is 4.63 Å². The summed E-state index contributed by atoms with van der Waals surface area (Å²) in [7, 11) is 0. The minimum atomic E-state index is -0.194. The number of hydrogen-bond acceptors (Lipinski definition) is 6. The van der Waals surface area contributed by atoms with Crippen molar-refractivity contribution in [3.05, 3.63) is 57.5 Å². The molecule has 1 unspecified atom stereocenters. The van der Waals surface area contributed by atoms with Gasteiger partial charge in [-0.3, -0.25) is 9.78 Å². The second-order valence-corrected chi connectivity index (χ2v) is 6.79. The number of nitrogens with one attached hydrogen (secondary N) is 1. The molecule has 1 aromatic carbocycles. The Morgan fingerprint density at radius 1 is 1.23 bits per heavy atom. The van der Waals surface area contributed by atoms with Gasteiger partial charge in [0, 0.05) is 32.1 Å². The summed E-state index contributed by atoms with van der Waals surface area (Å²) in [4.78, 5) is 17.4. The third-order valence-electron chi connectivity index (χ3n) is 4.86. The largest absolute Gasteiger partial charge is 0.339 e. The maximum Gasteiger partial charge on any atom is 0.278 e. The third kappa shape index (κ3) is 3.21. The van der Waals surface area contributed by atoms with Crippen LogP contribution in [0.4, 0.5) is 5.95 Å². The minimum Gasteiger partial charge on any atom is -0.339 e. The Morgan fingerprint density at radius 3 is 2.81 bits per heavy atom. The summed E-state index contributed by atoms with van der Waals surface area (Å²) in [6.07, 6.45) is 2.60. The molecule has 136 valence electrons. The predicted octanol–water partition coefficient (Wildman–Crippen LogP) is 0.395. The average Bonchev–Trinajstić information content (AvgIpc) is 3.05. The maximum atomic E-state index is 12.5. The van der Waals surface area contributed by atoms with Crippen LogP contribution >= 0.6 is 0 Å². The molecule has 8 heteroatoms. The molecule has 1 fully saturated rings. The van der Waals surface area contributed by atoms with Gasteiger partial charge in [0.05, 0.1) is 5.69 Å². The van der Waals surface area contributed by atoms with E-state index in [0.717, 1.165) is 36.2 Å². The van der Waals surface area contributed by atoms with Crippen molar-refractivity contribution in [2.45, 2.75) is 31.8 Å². The second kappa shape index (κ2) is 6.89. The molecule has 1 aliphatic heterocycles. The van der Waals surface area contributed by atoms with E-state index >= 15 is 0 Å². The zero-order valence-corrected chi connectivity index (χ0v) is 14.6. The number of benzene rings is 1. The molecule has 0 spiro atoms. The highest BCUT2D eigenvalue weighted by molar-refractivity contribution is 5.47. The first-order chi connectivity index (χ1) is 12.6. The zero-order chi connectivity index (χ0) is 18.1. The Kier molecular flexibility index (Phi) is 4.44. The number of aromatic nitrogens is 4. The molecule has 26 heavy (non-hydrogen) atoms. The smallest absolute Gasteiger partial charge is 0.278 e. The average molecular weight is 353 g/mol. The van der Waals surface area contributed by atoms with Crippen molar-refractivity contribution < 1.29 is 0 Å². The first-order valence-electron chi connectivity index (χ1n) is 8.90. The van der Waals surface area contributed by atoms with E-state index in [-0.39, 0.29) is 11.6 Å². The van der Waals surface area contributed by atoms with Gasteiger partial charge in [0.1, 0.15) is 0 Å². The molecule has 0 aliphatic carbocycles. The van der Waals surface area contributed by atoms with Crippen molar-refractivity contribution in [3.8, 4) is 0 Å². The molecular weight excluding hydrogens is 330 g/mol. The highest BCUT2D eigenvalue weighted by Gasteiger charge is 2.20. The highest BCUT2D eigenvalue weighted by atomic mass is 16.1. The van der Waals surface area contributed by atoms with Crippen LogP contribution in [0.2, 0.25) is 0 Å². The van der Waals surface area contributed by atoms with Gasteiger partial charge in [0.25, 0.3) is 5.56 Å². The van der Waals surface area contributed by atoms with Crippen LogP contribution < -0.4 is 21.9 Å². The minimum absolute atomic E-state index is 0.102. The van der Waals surface area contributed by atoms with E-state index in [9.17, 15) is 4.79 Å². The molecule has 1 aliphatic rings. The molecule has 0 radical (unpaired) electrons. The van der Waals surface area contributed by atoms with Gasteiger partial charge in [-0.2, -0.15) is 5.10 Å². The number of H-pyrrole nitrogens is 1. The van der Waals surface area contributed by atoms with Crippen LogP contribution in [0.15, 0.2) is 35.1 Å². The van der Waals surface area contributed by atoms with Gasteiger partial charge < -0.3 is 16.4 Å². The Balaban J connectivity index is 1.67. The predicted molar refractivity (Wildman–Crippen MR) is 100 cm³/mol. The Morgan fingerprint density at radius 2 is 2.04 bits per heavy atom. The van der Waals surface area contributed by atoms with Crippen LogP contribution in [-0.4, -0.2) is 38.9 Å². The number of piperidine rings is 1. The van der Waals surface area contributed by atoms with Gasteiger partial charge in [-0.1, -0.05) is 24.3 Å². The molecule has 0 bridgehead atoms. The van der Waals surface area contributed by atoms with Gasteiger partial charge in [-0.05, 0) is 30.0 Å². The number of hydrogen-bond donors (Lipinski definition) is 3. The molecule has 0 amide bonds. The lowest BCUT2D eigenvalue weighted by molar-refractivity contribution is 0.495. The van der Waals surface area contributed by atoms with Crippen LogP contribution in [0.25, 0.3) is 5.52 Å². The summed E-state index contributed by atoms with van der Waals surface area (Å²) in [6, 6.07) is 9.87. The van der Waals surface area contributed by atoms with E-state index in [1.807, 2.05) is 29.2 Å². The van der Waals surface area contributed by atoms with Gasteiger partial charge in [-0.15, -0.1) is 9.73 Å². The summed E-state index contributed by atoms with van der Waals surface area (Å²) in [5.41, 5.74) is 15.1. The molecule has 2 aromatic heterocycles. The van der Waals surface area contributed by atoms with Gasteiger partial charge in [-0.25, -0.2) is 0 Å². The summed E-state index contributed by atoms with van der Waals surface area (Å²) in [5.74, 6) is 0.523. The number of nitrogens with zero attached hydrogens (tertiary/aromatic N) is 4. The lowest BCUT2D eigenvalue weighted by atomic mass is 10.0. The highest BCUT2D eigenvalue weighted by Crippen LogP contribution is 2.16. The molecule has 1 atom stereocenters. The topological polar surface area (TPSA) is 118 Å². The normalized spacial score (nSPS) is 17.8. The molecule has 4 rings (SSSR count). The first-order valence-corrected chi connectivity index (χ1v) is 8.90. The summed E-state index contributed by atoms with van der Waals surface area (Å²) >= 11 is 0. The van der Waals surface area contributed by atoms with Gasteiger partial charge in [0.2, 0.25) is 5.95 Å². The Hall–Kier alpha value is -2.71.